The number of nitrogens with zero attached hydrogens (tertiary/aromatic N) is 3. The molecule has 29 heavy (non-hydrogen) atoms. The molecule has 0 atom stereocenters. The fourth-order valence-corrected chi connectivity index (χ4v) is 4.49. The normalized spacial score (nSPS) is 11.7. The molecule has 0 spiro atoms. The molecule has 3 N–H and O–H groups in total. The van der Waals surface area contributed by atoms with Crippen LogP contribution < -0.4 is 10.5 Å². The summed E-state index contributed by atoms with van der Waals surface area (Å²) in [5, 5.41) is 0.506. The third kappa shape index (κ3) is 3.53. The molecule has 4 rings (SSSR count). The molecule has 0 aliphatic carbocycles. The molecule has 4 aromatic rings. The van der Waals surface area contributed by atoms with Crippen molar-refractivity contribution < 1.29 is 12.8 Å². The zero-order chi connectivity index (χ0) is 20.8. The lowest BCUT2D eigenvalue weighted by atomic mass is 10.0. The van der Waals surface area contributed by atoms with Gasteiger partial charge in [-0.15, -0.1) is 0 Å². The Labute approximate surface area is 180 Å². The van der Waals surface area contributed by atoms with E-state index in [0.29, 0.717) is 16.6 Å². The van der Waals surface area contributed by atoms with Crippen molar-refractivity contribution in [2.75, 3.05) is 10.5 Å². The lowest BCUT2D eigenvalue weighted by Crippen LogP contribution is -2.14. The van der Waals surface area contributed by atoms with Crippen LogP contribution in [0.4, 0.5) is 15.9 Å². The van der Waals surface area contributed by atoms with Crippen LogP contribution in [0.5, 0.6) is 0 Å². The molecule has 10 heteroatoms. The summed E-state index contributed by atoms with van der Waals surface area (Å²) >= 11 is 2.08. The van der Waals surface area contributed by atoms with Crippen LogP contribution >= 0.6 is 22.6 Å². The second-order valence-corrected chi connectivity index (χ2v) is 9.27. The monoisotopic (exact) mass is 523 g/mol. The van der Waals surface area contributed by atoms with Crippen molar-refractivity contribution in [3.05, 3.63) is 64.4 Å². The third-order valence-electron chi connectivity index (χ3n) is 4.44. The Bertz CT molecular complexity index is 1340. The van der Waals surface area contributed by atoms with Crippen molar-refractivity contribution >= 4 is 55.2 Å². The molecule has 0 saturated carbocycles. The summed E-state index contributed by atoms with van der Waals surface area (Å²) in [5.74, 6) is -0.493. The van der Waals surface area contributed by atoms with E-state index in [4.69, 9.17) is 5.73 Å². The van der Waals surface area contributed by atoms with Crippen LogP contribution in [0.1, 0.15) is 0 Å². The lowest BCUT2D eigenvalue weighted by molar-refractivity contribution is 0.599. The molecule has 2 heterocycles. The van der Waals surface area contributed by atoms with E-state index in [9.17, 15) is 8.42 Å². The quantitative estimate of drug-likeness (QED) is 0.397. The summed E-state index contributed by atoms with van der Waals surface area (Å²) in [6.07, 6.45) is 3.02. The van der Waals surface area contributed by atoms with Gasteiger partial charge in [-0.05, 0) is 52.9 Å². The largest absolute Gasteiger partial charge is 0.383 e. The van der Waals surface area contributed by atoms with Gasteiger partial charge in [0, 0.05) is 27.9 Å². The number of halogens is 2. The van der Waals surface area contributed by atoms with Gasteiger partial charge in [0.1, 0.15) is 17.8 Å². The Morgan fingerprint density at radius 2 is 1.83 bits per heavy atom. The van der Waals surface area contributed by atoms with Crippen molar-refractivity contribution in [1.29, 1.82) is 0 Å². The Morgan fingerprint density at radius 1 is 1.10 bits per heavy atom. The first-order chi connectivity index (χ1) is 13.8. The number of hydrogen-bond acceptors (Lipinski definition) is 5. The van der Waals surface area contributed by atoms with Gasteiger partial charge in [0.25, 0.3) is 10.0 Å². The van der Waals surface area contributed by atoms with Gasteiger partial charge >= 0.3 is 0 Å². The minimum Gasteiger partial charge on any atom is -0.383 e. The van der Waals surface area contributed by atoms with E-state index in [-0.39, 0.29) is 22.0 Å². The Kier molecular flexibility index (Phi) is 4.90. The second-order valence-electron chi connectivity index (χ2n) is 6.34. The van der Waals surface area contributed by atoms with Crippen LogP contribution in [0.2, 0.25) is 0 Å². The topological polar surface area (TPSA) is 103 Å². The average Bonchev–Trinajstić information content (AvgIpc) is 3.02. The molecule has 0 radical (unpaired) electrons. The number of sulfonamides is 1. The number of rotatable bonds is 4. The Balaban J connectivity index is 1.81. The molecule has 0 aliphatic rings. The molecule has 0 unspecified atom stereocenters. The molecule has 0 fully saturated rings. The molecule has 0 aliphatic heterocycles. The number of nitrogens with one attached hydrogen (secondary N) is 1. The first kappa shape index (κ1) is 19.6. The highest BCUT2D eigenvalue weighted by molar-refractivity contribution is 14.1. The molecule has 0 amide bonds. The number of nitrogen functional groups attached to an aromatic ring is 1. The molecule has 0 saturated heterocycles. The average molecular weight is 523 g/mol. The summed E-state index contributed by atoms with van der Waals surface area (Å²) in [5.41, 5.74) is 7.05. The van der Waals surface area contributed by atoms with E-state index in [1.165, 1.54) is 24.5 Å². The molecule has 0 bridgehead atoms. The Morgan fingerprint density at radius 3 is 2.55 bits per heavy atom. The molecular weight excluding hydrogens is 508 g/mol. The van der Waals surface area contributed by atoms with E-state index in [1.54, 1.807) is 42.1 Å². The van der Waals surface area contributed by atoms with Crippen molar-refractivity contribution in [3.63, 3.8) is 0 Å². The minimum atomic E-state index is -3.94. The van der Waals surface area contributed by atoms with E-state index >= 15 is 4.39 Å². The van der Waals surface area contributed by atoms with Crippen LogP contribution in [0.15, 0.2) is 59.9 Å². The molecule has 2 aromatic carbocycles. The summed E-state index contributed by atoms with van der Waals surface area (Å²) < 4.78 is 45.6. The standard InChI is InChI=1S/C19H15FIN5O2S/c1-26-9-14(16-18(22)23-10-24-19(16)26)13-3-2-4-15(17(13)20)25-29(27,28)12-7-5-11(21)6-8-12/h2-10,25H,1H3,(H2,22,23,24). The van der Waals surface area contributed by atoms with Gasteiger partial charge in [-0.2, -0.15) is 0 Å². The first-order valence-corrected chi connectivity index (χ1v) is 11.0. The zero-order valence-electron chi connectivity index (χ0n) is 15.1. The second kappa shape index (κ2) is 7.26. The number of benzene rings is 2. The van der Waals surface area contributed by atoms with Gasteiger partial charge in [0.05, 0.1) is 16.0 Å². The van der Waals surface area contributed by atoms with Crippen LogP contribution in [0.25, 0.3) is 22.2 Å². The SMILES string of the molecule is Cn1cc(-c2cccc(NS(=O)(=O)c3ccc(I)cc3)c2F)c2c(N)ncnc21. The third-order valence-corrected chi connectivity index (χ3v) is 6.54. The van der Waals surface area contributed by atoms with Crippen LogP contribution in [-0.4, -0.2) is 23.0 Å². The van der Waals surface area contributed by atoms with Gasteiger partial charge < -0.3 is 10.3 Å². The number of aromatic nitrogens is 3. The van der Waals surface area contributed by atoms with E-state index in [0.717, 1.165) is 3.57 Å². The fraction of sp³-hybridized carbons (Fsp3) is 0.0526. The van der Waals surface area contributed by atoms with Gasteiger partial charge in [0.2, 0.25) is 0 Å². The number of fused-ring (bicyclic) bond motifs is 1. The van der Waals surface area contributed by atoms with Crippen LogP contribution in [0.3, 0.4) is 0 Å². The van der Waals surface area contributed by atoms with E-state index in [1.807, 2.05) is 0 Å². The summed E-state index contributed by atoms with van der Waals surface area (Å²) in [6, 6.07) is 10.8. The highest BCUT2D eigenvalue weighted by atomic mass is 127. The van der Waals surface area contributed by atoms with Crippen molar-refractivity contribution in [2.24, 2.45) is 7.05 Å². The maximum absolute atomic E-state index is 15.3. The summed E-state index contributed by atoms with van der Waals surface area (Å²) in [6.45, 7) is 0. The fourth-order valence-electron chi connectivity index (χ4n) is 3.08. The minimum absolute atomic E-state index is 0.0468. The van der Waals surface area contributed by atoms with Crippen molar-refractivity contribution in [2.45, 2.75) is 4.90 Å². The molecule has 2 aromatic heterocycles. The van der Waals surface area contributed by atoms with Gasteiger partial charge in [0.15, 0.2) is 5.82 Å². The highest BCUT2D eigenvalue weighted by Crippen LogP contribution is 2.36. The maximum atomic E-state index is 15.3. The summed E-state index contributed by atoms with van der Waals surface area (Å²) in [7, 11) is -2.18. The van der Waals surface area contributed by atoms with Gasteiger partial charge in [-0.3, -0.25) is 4.72 Å². The highest BCUT2D eigenvalue weighted by Gasteiger charge is 2.21. The van der Waals surface area contributed by atoms with Crippen LogP contribution in [-0.2, 0) is 17.1 Å². The van der Waals surface area contributed by atoms with Crippen LogP contribution in [0, 0.1) is 9.39 Å². The Hall–Kier alpha value is -2.73. The van der Waals surface area contributed by atoms with E-state index in [2.05, 4.69) is 37.3 Å². The number of aryl methyl sites for hydroxylation is 1. The van der Waals surface area contributed by atoms with Gasteiger partial charge in [-0.1, -0.05) is 12.1 Å². The lowest BCUT2D eigenvalue weighted by Gasteiger charge is -2.11. The predicted octanol–water partition coefficient (Wildman–Crippen LogP) is 3.76. The van der Waals surface area contributed by atoms with Crippen molar-refractivity contribution in [3.8, 4) is 11.1 Å². The molecule has 7 nitrogen and oxygen atoms in total. The van der Waals surface area contributed by atoms with E-state index < -0.39 is 15.8 Å². The number of hydrogen-bond donors (Lipinski definition) is 2. The maximum Gasteiger partial charge on any atom is 0.261 e. The first-order valence-electron chi connectivity index (χ1n) is 8.40. The predicted molar refractivity (Wildman–Crippen MR) is 118 cm³/mol. The zero-order valence-corrected chi connectivity index (χ0v) is 18.1. The van der Waals surface area contributed by atoms with Crippen molar-refractivity contribution in [1.82, 2.24) is 14.5 Å². The van der Waals surface area contributed by atoms with Gasteiger partial charge in [-0.25, -0.2) is 22.8 Å². The number of anilines is 2. The number of nitrogens with two attached hydrogens (primary N) is 1. The summed E-state index contributed by atoms with van der Waals surface area (Å²) in [4.78, 5) is 8.21. The molecular formula is C19H15FIN5O2S. The molecule has 148 valence electrons. The smallest absolute Gasteiger partial charge is 0.261 e.